The Balaban J connectivity index is 1.58. The van der Waals surface area contributed by atoms with E-state index in [1.807, 2.05) is 41.4 Å². The molecule has 2 aromatic heterocycles. The fraction of sp³-hybridized carbons (Fsp3) is 0.211. The predicted octanol–water partition coefficient (Wildman–Crippen LogP) is 4.84. The number of aromatic nitrogens is 2. The van der Waals surface area contributed by atoms with Crippen LogP contribution in [0.5, 0.6) is 0 Å². The van der Waals surface area contributed by atoms with E-state index >= 15 is 0 Å². The molecule has 0 spiro atoms. The van der Waals surface area contributed by atoms with Gasteiger partial charge in [-0.2, -0.15) is 0 Å². The van der Waals surface area contributed by atoms with E-state index in [9.17, 15) is 4.79 Å². The number of carbonyl (C=O) groups is 1. The van der Waals surface area contributed by atoms with Crippen LogP contribution in [0.25, 0.3) is 11.3 Å². The summed E-state index contributed by atoms with van der Waals surface area (Å²) in [6.07, 6.45) is 5.48. The number of hydrogen-bond donors (Lipinski definition) is 0. The molecule has 0 N–H and O–H groups in total. The van der Waals surface area contributed by atoms with Gasteiger partial charge in [0.05, 0.1) is 23.4 Å². The number of likely N-dealkylation sites (tertiary alicyclic amines) is 1. The molecule has 1 aliphatic rings. The molecule has 4 nitrogen and oxygen atoms in total. The third-order valence-corrected chi connectivity index (χ3v) is 5.44. The summed E-state index contributed by atoms with van der Waals surface area (Å²) in [6, 6.07) is 11.8. The summed E-state index contributed by atoms with van der Waals surface area (Å²) >= 11 is 7.44. The van der Waals surface area contributed by atoms with Gasteiger partial charge >= 0.3 is 0 Å². The lowest BCUT2D eigenvalue weighted by atomic mass is 10.0. The van der Waals surface area contributed by atoms with Gasteiger partial charge in [-0.3, -0.25) is 14.8 Å². The van der Waals surface area contributed by atoms with Crippen LogP contribution in [0.4, 0.5) is 0 Å². The van der Waals surface area contributed by atoms with Gasteiger partial charge in [-0.05, 0) is 36.6 Å². The highest BCUT2D eigenvalue weighted by Gasteiger charge is 2.31. The van der Waals surface area contributed by atoms with Crippen molar-refractivity contribution >= 4 is 28.8 Å². The van der Waals surface area contributed by atoms with Crippen LogP contribution in [0.2, 0.25) is 5.02 Å². The second-order valence-corrected chi connectivity index (χ2v) is 7.33. The molecule has 25 heavy (non-hydrogen) atoms. The molecule has 3 aromatic rings. The molecule has 4 rings (SSSR count). The number of nitrogens with zero attached hydrogens (tertiary/aromatic N) is 3. The van der Waals surface area contributed by atoms with Crippen molar-refractivity contribution in [2.24, 2.45) is 0 Å². The topological polar surface area (TPSA) is 46.1 Å². The molecule has 3 heterocycles. The van der Waals surface area contributed by atoms with Gasteiger partial charge in [-0.15, -0.1) is 11.3 Å². The van der Waals surface area contributed by atoms with Crippen LogP contribution in [0.1, 0.15) is 34.1 Å². The molecule has 0 aliphatic carbocycles. The van der Waals surface area contributed by atoms with Crippen LogP contribution in [0, 0.1) is 0 Å². The van der Waals surface area contributed by atoms with Crippen LogP contribution in [0.15, 0.2) is 54.3 Å². The quantitative estimate of drug-likeness (QED) is 0.663. The van der Waals surface area contributed by atoms with Crippen molar-refractivity contribution in [3.05, 3.63) is 69.8 Å². The number of carbonyl (C=O) groups excluding carboxylic acids is 1. The second-order valence-electron chi connectivity index (χ2n) is 6.01. The van der Waals surface area contributed by atoms with E-state index < -0.39 is 0 Å². The molecule has 126 valence electrons. The Morgan fingerprint density at radius 2 is 2.16 bits per heavy atom. The minimum atomic E-state index is 0.0592. The highest BCUT2D eigenvalue weighted by Crippen LogP contribution is 2.34. The summed E-state index contributed by atoms with van der Waals surface area (Å²) in [5.41, 5.74) is 4.63. The Labute approximate surface area is 155 Å². The van der Waals surface area contributed by atoms with E-state index in [0.717, 1.165) is 36.2 Å². The number of thiazole rings is 1. The number of pyridine rings is 1. The molecule has 6 heteroatoms. The fourth-order valence-electron chi connectivity index (χ4n) is 3.24. The van der Waals surface area contributed by atoms with E-state index in [4.69, 9.17) is 11.6 Å². The average molecular weight is 370 g/mol. The Hall–Kier alpha value is -2.24. The van der Waals surface area contributed by atoms with Gasteiger partial charge in [-0.1, -0.05) is 29.8 Å². The molecular weight excluding hydrogens is 354 g/mol. The first-order valence-electron chi connectivity index (χ1n) is 8.14. The minimum absolute atomic E-state index is 0.0592. The number of halogens is 1. The first-order valence-corrected chi connectivity index (χ1v) is 9.39. The first kappa shape index (κ1) is 16.2. The van der Waals surface area contributed by atoms with Gasteiger partial charge in [-0.25, -0.2) is 0 Å². The van der Waals surface area contributed by atoms with Gasteiger partial charge in [0.15, 0.2) is 0 Å². The number of rotatable bonds is 3. The Kier molecular flexibility index (Phi) is 4.51. The molecule has 0 bridgehead atoms. The Morgan fingerprint density at radius 1 is 1.24 bits per heavy atom. The molecule has 1 aliphatic heterocycles. The van der Waals surface area contributed by atoms with E-state index in [0.29, 0.717) is 9.90 Å². The lowest BCUT2D eigenvalue weighted by Crippen LogP contribution is -2.30. The van der Waals surface area contributed by atoms with Crippen molar-refractivity contribution in [2.75, 3.05) is 6.54 Å². The van der Waals surface area contributed by atoms with Gasteiger partial charge in [0.1, 0.15) is 4.88 Å². The SMILES string of the molecule is O=C(c1cncs1)N1CCCC1c1ccc(-c2cccc(Cl)c2)nc1. The van der Waals surface area contributed by atoms with Crippen molar-refractivity contribution < 1.29 is 4.79 Å². The minimum Gasteiger partial charge on any atom is -0.331 e. The highest BCUT2D eigenvalue weighted by atomic mass is 35.5. The lowest BCUT2D eigenvalue weighted by Gasteiger charge is -2.24. The van der Waals surface area contributed by atoms with Crippen molar-refractivity contribution in [3.8, 4) is 11.3 Å². The zero-order valence-corrected chi connectivity index (χ0v) is 15.0. The first-order chi connectivity index (χ1) is 12.2. The fourth-order valence-corrected chi connectivity index (χ4v) is 4.01. The number of hydrogen-bond acceptors (Lipinski definition) is 4. The summed E-state index contributed by atoms with van der Waals surface area (Å²) in [4.78, 5) is 23.9. The molecular formula is C19H16ClN3OS. The van der Waals surface area contributed by atoms with Crippen molar-refractivity contribution in [3.63, 3.8) is 0 Å². The third kappa shape index (κ3) is 3.30. The summed E-state index contributed by atoms with van der Waals surface area (Å²) in [5.74, 6) is 0.0592. The molecule has 1 amide bonds. The molecule has 1 aromatic carbocycles. The third-order valence-electron chi connectivity index (χ3n) is 4.45. The molecule has 1 saturated heterocycles. The van der Waals surface area contributed by atoms with Crippen LogP contribution < -0.4 is 0 Å². The maximum atomic E-state index is 12.7. The molecule has 0 radical (unpaired) electrons. The standard InChI is InChI=1S/C19H16ClN3OS/c20-15-4-1-3-13(9-15)16-7-6-14(10-22-16)17-5-2-8-23(17)19(24)18-11-21-12-25-18/h1,3-4,6-7,9-12,17H,2,5,8H2. The average Bonchev–Trinajstić information content (AvgIpc) is 3.33. The van der Waals surface area contributed by atoms with Crippen molar-refractivity contribution in [2.45, 2.75) is 18.9 Å². The van der Waals surface area contributed by atoms with Crippen LogP contribution >= 0.6 is 22.9 Å². The maximum absolute atomic E-state index is 12.7. The monoisotopic (exact) mass is 369 g/mol. The molecule has 1 fully saturated rings. The lowest BCUT2D eigenvalue weighted by molar-refractivity contribution is 0.0740. The van der Waals surface area contributed by atoms with E-state index in [1.165, 1.54) is 11.3 Å². The smallest absolute Gasteiger partial charge is 0.266 e. The molecule has 1 unspecified atom stereocenters. The summed E-state index contributed by atoms with van der Waals surface area (Å²) < 4.78 is 0. The van der Waals surface area contributed by atoms with E-state index in [2.05, 4.69) is 16.0 Å². The van der Waals surface area contributed by atoms with Crippen LogP contribution in [0.3, 0.4) is 0 Å². The Bertz CT molecular complexity index is 880. The van der Waals surface area contributed by atoms with E-state index in [1.54, 1.807) is 11.7 Å². The van der Waals surface area contributed by atoms with Crippen molar-refractivity contribution in [1.82, 2.24) is 14.9 Å². The number of amides is 1. The number of benzene rings is 1. The Morgan fingerprint density at radius 3 is 2.88 bits per heavy atom. The summed E-state index contributed by atoms with van der Waals surface area (Å²) in [7, 11) is 0. The zero-order chi connectivity index (χ0) is 17.2. The van der Waals surface area contributed by atoms with Crippen LogP contribution in [-0.4, -0.2) is 27.3 Å². The second kappa shape index (κ2) is 6.94. The van der Waals surface area contributed by atoms with Crippen LogP contribution in [-0.2, 0) is 0 Å². The van der Waals surface area contributed by atoms with Gasteiger partial charge in [0.25, 0.3) is 5.91 Å². The molecule has 0 saturated carbocycles. The largest absolute Gasteiger partial charge is 0.331 e. The van der Waals surface area contributed by atoms with Gasteiger partial charge in [0, 0.05) is 23.3 Å². The normalized spacial score (nSPS) is 17.0. The maximum Gasteiger partial charge on any atom is 0.266 e. The van der Waals surface area contributed by atoms with Gasteiger partial charge < -0.3 is 4.90 Å². The highest BCUT2D eigenvalue weighted by molar-refractivity contribution is 7.11. The zero-order valence-electron chi connectivity index (χ0n) is 13.4. The van der Waals surface area contributed by atoms with Crippen molar-refractivity contribution in [1.29, 1.82) is 0 Å². The van der Waals surface area contributed by atoms with E-state index in [-0.39, 0.29) is 11.9 Å². The predicted molar refractivity (Wildman–Crippen MR) is 99.8 cm³/mol. The molecule has 1 atom stereocenters. The van der Waals surface area contributed by atoms with Gasteiger partial charge in [0.2, 0.25) is 0 Å². The summed E-state index contributed by atoms with van der Waals surface area (Å²) in [5, 5.41) is 0.695. The summed E-state index contributed by atoms with van der Waals surface area (Å²) in [6.45, 7) is 0.775.